The molecule has 1 aromatic carbocycles. The molecule has 1 aliphatic heterocycles. The van der Waals surface area contributed by atoms with Crippen LogP contribution >= 0.6 is 0 Å². The number of halogens is 3. The standard InChI is InChI=1S/C16H22F3NO/c1-2-8-20-11-15(7-9-21-12-15)10-13-3-5-14(6-4-13)16(17,18)19/h3-6,20H,2,7-12H2,1H3. The fourth-order valence-electron chi connectivity index (χ4n) is 2.77. The molecule has 1 saturated heterocycles. The molecule has 0 aromatic heterocycles. The Kier molecular flexibility index (Phi) is 5.27. The molecule has 1 atom stereocenters. The summed E-state index contributed by atoms with van der Waals surface area (Å²) in [5.41, 5.74) is 0.355. The quantitative estimate of drug-likeness (QED) is 0.810. The Morgan fingerprint density at radius 1 is 1.24 bits per heavy atom. The van der Waals surface area contributed by atoms with Crippen LogP contribution in [0.3, 0.4) is 0 Å². The zero-order valence-corrected chi connectivity index (χ0v) is 12.3. The molecule has 1 aliphatic rings. The lowest BCUT2D eigenvalue weighted by molar-refractivity contribution is -0.137. The second kappa shape index (κ2) is 6.79. The van der Waals surface area contributed by atoms with Crippen LogP contribution < -0.4 is 5.32 Å². The maximum atomic E-state index is 12.6. The van der Waals surface area contributed by atoms with Gasteiger partial charge < -0.3 is 10.1 Å². The SMILES string of the molecule is CCCNCC1(Cc2ccc(C(F)(F)F)cc2)CCOC1. The Morgan fingerprint density at radius 2 is 1.95 bits per heavy atom. The number of hydrogen-bond acceptors (Lipinski definition) is 2. The van der Waals surface area contributed by atoms with Gasteiger partial charge in [0.15, 0.2) is 0 Å². The van der Waals surface area contributed by atoms with Gasteiger partial charge in [-0.05, 0) is 43.5 Å². The van der Waals surface area contributed by atoms with E-state index < -0.39 is 11.7 Å². The summed E-state index contributed by atoms with van der Waals surface area (Å²) in [6, 6.07) is 5.50. The molecule has 0 spiro atoms. The predicted octanol–water partition coefficient (Wildman–Crippen LogP) is 3.65. The van der Waals surface area contributed by atoms with Gasteiger partial charge >= 0.3 is 6.18 Å². The van der Waals surface area contributed by atoms with E-state index in [2.05, 4.69) is 12.2 Å². The minimum Gasteiger partial charge on any atom is -0.381 e. The van der Waals surface area contributed by atoms with E-state index in [4.69, 9.17) is 4.74 Å². The topological polar surface area (TPSA) is 21.3 Å². The maximum Gasteiger partial charge on any atom is 0.416 e. The van der Waals surface area contributed by atoms with Crippen molar-refractivity contribution >= 4 is 0 Å². The van der Waals surface area contributed by atoms with Crippen LogP contribution in [0.5, 0.6) is 0 Å². The van der Waals surface area contributed by atoms with Crippen molar-refractivity contribution in [2.24, 2.45) is 5.41 Å². The summed E-state index contributed by atoms with van der Waals surface area (Å²) in [4.78, 5) is 0. The van der Waals surface area contributed by atoms with Crippen LogP contribution in [0, 0.1) is 5.41 Å². The summed E-state index contributed by atoms with van der Waals surface area (Å²) < 4.78 is 43.2. The van der Waals surface area contributed by atoms with Gasteiger partial charge in [-0.25, -0.2) is 0 Å². The lowest BCUT2D eigenvalue weighted by atomic mass is 9.80. The molecule has 0 aliphatic carbocycles. The molecule has 118 valence electrons. The average molecular weight is 301 g/mol. The smallest absolute Gasteiger partial charge is 0.381 e. The molecular weight excluding hydrogens is 279 g/mol. The van der Waals surface area contributed by atoms with E-state index in [1.54, 1.807) is 12.1 Å². The van der Waals surface area contributed by atoms with E-state index in [1.807, 2.05) is 0 Å². The van der Waals surface area contributed by atoms with Gasteiger partial charge in [-0.2, -0.15) is 13.2 Å². The first-order valence-electron chi connectivity index (χ1n) is 7.40. The van der Waals surface area contributed by atoms with Crippen molar-refractivity contribution in [2.75, 3.05) is 26.3 Å². The Balaban J connectivity index is 2.03. The number of rotatable bonds is 6. The van der Waals surface area contributed by atoms with Gasteiger partial charge in [-0.3, -0.25) is 0 Å². The molecule has 2 rings (SSSR count). The Bertz CT molecular complexity index is 436. The van der Waals surface area contributed by atoms with Crippen LogP contribution in [0.4, 0.5) is 13.2 Å². The normalized spacial score (nSPS) is 22.7. The van der Waals surface area contributed by atoms with Crippen molar-refractivity contribution < 1.29 is 17.9 Å². The van der Waals surface area contributed by atoms with E-state index in [1.165, 1.54) is 0 Å². The molecule has 1 fully saturated rings. The zero-order valence-electron chi connectivity index (χ0n) is 12.3. The van der Waals surface area contributed by atoms with Crippen molar-refractivity contribution in [3.05, 3.63) is 35.4 Å². The molecule has 1 aromatic rings. The fourth-order valence-corrected chi connectivity index (χ4v) is 2.77. The van der Waals surface area contributed by atoms with Crippen molar-refractivity contribution in [1.29, 1.82) is 0 Å². The molecule has 1 N–H and O–H groups in total. The minimum atomic E-state index is -4.27. The summed E-state index contributed by atoms with van der Waals surface area (Å²) in [7, 11) is 0. The molecule has 0 radical (unpaired) electrons. The van der Waals surface area contributed by atoms with Gasteiger partial charge in [0, 0.05) is 18.6 Å². The van der Waals surface area contributed by atoms with Gasteiger partial charge in [-0.15, -0.1) is 0 Å². The summed E-state index contributed by atoms with van der Waals surface area (Å²) in [5, 5.41) is 3.41. The van der Waals surface area contributed by atoms with Crippen molar-refractivity contribution in [3.8, 4) is 0 Å². The molecule has 0 saturated carbocycles. The van der Waals surface area contributed by atoms with E-state index in [9.17, 15) is 13.2 Å². The molecule has 2 nitrogen and oxygen atoms in total. The molecule has 1 heterocycles. The third-order valence-electron chi connectivity index (χ3n) is 3.97. The average Bonchev–Trinajstić information content (AvgIpc) is 2.87. The molecular formula is C16H22F3NO. The lowest BCUT2D eigenvalue weighted by Gasteiger charge is -2.28. The first-order valence-corrected chi connectivity index (χ1v) is 7.40. The maximum absolute atomic E-state index is 12.6. The number of nitrogens with one attached hydrogen (secondary N) is 1. The number of ether oxygens (including phenoxy) is 1. The van der Waals surface area contributed by atoms with Crippen molar-refractivity contribution in [3.63, 3.8) is 0 Å². The Labute approximate surface area is 123 Å². The number of benzene rings is 1. The van der Waals surface area contributed by atoms with Crippen LogP contribution in [0.15, 0.2) is 24.3 Å². The van der Waals surface area contributed by atoms with Crippen LogP contribution in [-0.4, -0.2) is 26.3 Å². The summed E-state index contributed by atoms with van der Waals surface area (Å²) >= 11 is 0. The monoisotopic (exact) mass is 301 g/mol. The Morgan fingerprint density at radius 3 is 2.48 bits per heavy atom. The first kappa shape index (κ1) is 16.3. The summed E-state index contributed by atoms with van der Waals surface area (Å²) in [6.07, 6.45) is -1.50. The molecule has 1 unspecified atom stereocenters. The number of hydrogen-bond donors (Lipinski definition) is 1. The highest BCUT2D eigenvalue weighted by Gasteiger charge is 2.35. The van der Waals surface area contributed by atoms with Gasteiger partial charge in [0.2, 0.25) is 0 Å². The van der Waals surface area contributed by atoms with Crippen LogP contribution in [-0.2, 0) is 17.3 Å². The summed E-state index contributed by atoms with van der Waals surface area (Å²) in [5.74, 6) is 0. The van der Waals surface area contributed by atoms with E-state index in [-0.39, 0.29) is 5.41 Å². The second-order valence-electron chi connectivity index (χ2n) is 5.85. The van der Waals surface area contributed by atoms with Crippen molar-refractivity contribution in [1.82, 2.24) is 5.32 Å². The second-order valence-corrected chi connectivity index (χ2v) is 5.85. The van der Waals surface area contributed by atoms with Gasteiger partial charge in [0.05, 0.1) is 12.2 Å². The third kappa shape index (κ3) is 4.45. The zero-order chi connectivity index (χ0) is 15.3. The van der Waals surface area contributed by atoms with Gasteiger partial charge in [0.1, 0.15) is 0 Å². The Hall–Kier alpha value is -1.07. The van der Waals surface area contributed by atoms with Crippen LogP contribution in [0.1, 0.15) is 30.9 Å². The highest BCUT2D eigenvalue weighted by atomic mass is 19.4. The predicted molar refractivity (Wildman–Crippen MR) is 76.2 cm³/mol. The molecule has 0 bridgehead atoms. The third-order valence-corrected chi connectivity index (χ3v) is 3.97. The van der Waals surface area contributed by atoms with E-state index >= 15 is 0 Å². The molecule has 5 heteroatoms. The lowest BCUT2D eigenvalue weighted by Crippen LogP contribution is -2.37. The largest absolute Gasteiger partial charge is 0.416 e. The fraction of sp³-hybridized carbons (Fsp3) is 0.625. The highest BCUT2D eigenvalue weighted by molar-refractivity contribution is 5.25. The minimum absolute atomic E-state index is 0.00885. The van der Waals surface area contributed by atoms with Crippen LogP contribution in [0.25, 0.3) is 0 Å². The van der Waals surface area contributed by atoms with E-state index in [0.29, 0.717) is 6.61 Å². The van der Waals surface area contributed by atoms with E-state index in [0.717, 1.165) is 56.7 Å². The number of alkyl halides is 3. The molecule has 0 amide bonds. The van der Waals surface area contributed by atoms with Gasteiger partial charge in [-0.1, -0.05) is 19.1 Å². The molecule has 21 heavy (non-hydrogen) atoms. The summed E-state index contributed by atoms with van der Waals surface area (Å²) in [6.45, 7) is 5.32. The first-order chi connectivity index (χ1) is 9.95. The van der Waals surface area contributed by atoms with Crippen LogP contribution in [0.2, 0.25) is 0 Å². The highest BCUT2D eigenvalue weighted by Crippen LogP contribution is 2.34. The van der Waals surface area contributed by atoms with Crippen molar-refractivity contribution in [2.45, 2.75) is 32.4 Å². The van der Waals surface area contributed by atoms with Gasteiger partial charge in [0.25, 0.3) is 0 Å².